The van der Waals surface area contributed by atoms with Crippen LogP contribution < -0.4 is 15.4 Å². The van der Waals surface area contributed by atoms with Gasteiger partial charge < -0.3 is 15.4 Å². The summed E-state index contributed by atoms with van der Waals surface area (Å²) in [7, 11) is 1.49. The van der Waals surface area contributed by atoms with Gasteiger partial charge >= 0.3 is 0 Å². The molecule has 0 fully saturated rings. The zero-order chi connectivity index (χ0) is 20.6. The Balaban J connectivity index is 1.50. The molecule has 3 aromatic carbocycles. The van der Waals surface area contributed by atoms with Crippen molar-refractivity contribution in [1.29, 1.82) is 0 Å². The lowest BCUT2D eigenvalue weighted by molar-refractivity contribution is 0.0926. The van der Waals surface area contributed by atoms with Gasteiger partial charge in [-0.25, -0.2) is 0 Å². The Morgan fingerprint density at radius 2 is 1.45 bits per heavy atom. The summed E-state index contributed by atoms with van der Waals surface area (Å²) < 4.78 is 5.18. The highest BCUT2D eigenvalue weighted by atomic mass is 35.5. The van der Waals surface area contributed by atoms with Gasteiger partial charge in [-0.05, 0) is 41.5 Å². The molecule has 3 rings (SSSR count). The maximum absolute atomic E-state index is 12.3. The van der Waals surface area contributed by atoms with Gasteiger partial charge in [0.15, 0.2) is 0 Å². The van der Waals surface area contributed by atoms with Gasteiger partial charge in [0, 0.05) is 23.7 Å². The molecule has 0 heterocycles. The zero-order valence-electron chi connectivity index (χ0n) is 15.9. The third kappa shape index (κ3) is 5.36. The second kappa shape index (κ2) is 9.75. The first kappa shape index (κ1) is 20.4. The average molecular weight is 409 g/mol. The molecule has 0 radical (unpaired) electrons. The van der Waals surface area contributed by atoms with Crippen LogP contribution in [0.5, 0.6) is 5.75 Å². The Hall–Kier alpha value is -3.31. The second-order valence-electron chi connectivity index (χ2n) is 6.30. The van der Waals surface area contributed by atoms with Crippen LogP contribution in [0.15, 0.2) is 72.8 Å². The monoisotopic (exact) mass is 408 g/mol. The second-order valence-corrected chi connectivity index (χ2v) is 6.74. The third-order valence-electron chi connectivity index (χ3n) is 4.36. The Bertz CT molecular complexity index is 989. The highest BCUT2D eigenvalue weighted by molar-refractivity contribution is 6.31. The standard InChI is InChI=1S/C23H21ClN2O3/c1-29-21-12-11-19(24)15-20(21)23(28)26-14-13-25-22(27)18-9-7-17(8-10-18)16-5-3-2-4-6-16/h2-12,15H,13-14H2,1H3,(H,25,27)(H,26,28). The Morgan fingerprint density at radius 1 is 0.828 bits per heavy atom. The van der Waals surface area contributed by atoms with E-state index in [0.717, 1.165) is 11.1 Å². The van der Waals surface area contributed by atoms with Crippen molar-refractivity contribution in [1.82, 2.24) is 10.6 Å². The first-order valence-electron chi connectivity index (χ1n) is 9.14. The van der Waals surface area contributed by atoms with E-state index in [1.165, 1.54) is 7.11 Å². The first-order chi connectivity index (χ1) is 14.1. The minimum atomic E-state index is -0.314. The molecule has 29 heavy (non-hydrogen) atoms. The van der Waals surface area contributed by atoms with Gasteiger partial charge in [-0.15, -0.1) is 0 Å². The van der Waals surface area contributed by atoms with Gasteiger partial charge in [0.25, 0.3) is 11.8 Å². The highest BCUT2D eigenvalue weighted by Gasteiger charge is 2.12. The molecule has 0 spiro atoms. The summed E-state index contributed by atoms with van der Waals surface area (Å²) >= 11 is 5.95. The van der Waals surface area contributed by atoms with Gasteiger partial charge in [0.2, 0.25) is 0 Å². The molecule has 0 aromatic heterocycles. The summed E-state index contributed by atoms with van der Waals surface area (Å²) in [6.07, 6.45) is 0. The zero-order valence-corrected chi connectivity index (χ0v) is 16.7. The van der Waals surface area contributed by atoms with E-state index in [9.17, 15) is 9.59 Å². The minimum absolute atomic E-state index is 0.195. The fraction of sp³-hybridized carbons (Fsp3) is 0.130. The van der Waals surface area contributed by atoms with E-state index < -0.39 is 0 Å². The molecular weight excluding hydrogens is 388 g/mol. The maximum atomic E-state index is 12.3. The number of methoxy groups -OCH3 is 1. The molecule has 0 aliphatic rings. The van der Waals surface area contributed by atoms with E-state index in [0.29, 0.717) is 28.4 Å². The normalized spacial score (nSPS) is 10.3. The minimum Gasteiger partial charge on any atom is -0.496 e. The fourth-order valence-corrected chi connectivity index (χ4v) is 3.02. The first-order valence-corrected chi connectivity index (χ1v) is 9.51. The topological polar surface area (TPSA) is 67.4 Å². The van der Waals surface area contributed by atoms with Gasteiger partial charge in [-0.2, -0.15) is 0 Å². The highest BCUT2D eigenvalue weighted by Crippen LogP contribution is 2.22. The molecule has 2 amide bonds. The molecule has 0 aliphatic carbocycles. The van der Waals surface area contributed by atoms with Crippen LogP contribution in [0.3, 0.4) is 0 Å². The van der Waals surface area contributed by atoms with Crippen LogP contribution in [-0.4, -0.2) is 32.0 Å². The average Bonchev–Trinajstić information content (AvgIpc) is 2.77. The Morgan fingerprint density at radius 3 is 2.10 bits per heavy atom. The van der Waals surface area contributed by atoms with Crippen LogP contribution in [0, 0.1) is 0 Å². The van der Waals surface area contributed by atoms with Gasteiger partial charge in [0.1, 0.15) is 5.75 Å². The summed E-state index contributed by atoms with van der Waals surface area (Å²) in [6.45, 7) is 0.580. The summed E-state index contributed by atoms with van der Waals surface area (Å²) in [6, 6.07) is 22.2. The van der Waals surface area contributed by atoms with Crippen molar-refractivity contribution in [2.75, 3.05) is 20.2 Å². The van der Waals surface area contributed by atoms with Crippen LogP contribution in [0.4, 0.5) is 0 Å². The SMILES string of the molecule is COc1ccc(Cl)cc1C(=O)NCCNC(=O)c1ccc(-c2ccccc2)cc1. The summed E-state index contributed by atoms with van der Waals surface area (Å²) in [5, 5.41) is 5.99. The molecule has 6 heteroatoms. The number of hydrogen-bond donors (Lipinski definition) is 2. The number of halogens is 1. The van der Waals surface area contributed by atoms with E-state index in [1.807, 2.05) is 42.5 Å². The fourth-order valence-electron chi connectivity index (χ4n) is 2.85. The molecule has 2 N–H and O–H groups in total. The van der Waals surface area contributed by atoms with Crippen molar-refractivity contribution in [3.05, 3.63) is 88.9 Å². The van der Waals surface area contributed by atoms with Crippen LogP contribution in [0.1, 0.15) is 20.7 Å². The molecule has 5 nitrogen and oxygen atoms in total. The van der Waals surface area contributed by atoms with E-state index >= 15 is 0 Å². The van der Waals surface area contributed by atoms with E-state index in [1.54, 1.807) is 30.3 Å². The maximum Gasteiger partial charge on any atom is 0.255 e. The van der Waals surface area contributed by atoms with Crippen molar-refractivity contribution in [2.45, 2.75) is 0 Å². The summed E-state index contributed by atoms with van der Waals surface area (Å²) in [5.74, 6) is -0.0700. The number of ether oxygens (including phenoxy) is 1. The number of carbonyl (C=O) groups is 2. The molecule has 148 valence electrons. The number of amides is 2. The lowest BCUT2D eigenvalue weighted by Crippen LogP contribution is -2.34. The predicted molar refractivity (Wildman–Crippen MR) is 115 cm³/mol. The molecule has 0 bridgehead atoms. The number of nitrogens with one attached hydrogen (secondary N) is 2. The van der Waals surface area contributed by atoms with Crippen molar-refractivity contribution in [3.8, 4) is 16.9 Å². The van der Waals surface area contributed by atoms with Gasteiger partial charge in [-0.3, -0.25) is 9.59 Å². The van der Waals surface area contributed by atoms with Gasteiger partial charge in [0.05, 0.1) is 12.7 Å². The Kier molecular flexibility index (Phi) is 6.87. The lowest BCUT2D eigenvalue weighted by Gasteiger charge is -2.10. The van der Waals surface area contributed by atoms with Crippen molar-refractivity contribution >= 4 is 23.4 Å². The summed E-state index contributed by atoms with van der Waals surface area (Å²) in [4.78, 5) is 24.6. The number of hydrogen-bond acceptors (Lipinski definition) is 3. The molecule has 0 aliphatic heterocycles. The van der Waals surface area contributed by atoms with Gasteiger partial charge in [-0.1, -0.05) is 54.1 Å². The molecule has 0 unspecified atom stereocenters. The summed E-state index contributed by atoms with van der Waals surface area (Å²) in [5.41, 5.74) is 3.05. The van der Waals surface area contributed by atoms with Crippen LogP contribution >= 0.6 is 11.6 Å². The molecule has 3 aromatic rings. The molecule has 0 saturated carbocycles. The molecule has 0 saturated heterocycles. The van der Waals surface area contributed by atoms with Crippen LogP contribution in [0.2, 0.25) is 5.02 Å². The van der Waals surface area contributed by atoms with Crippen molar-refractivity contribution < 1.29 is 14.3 Å². The Labute approximate surface area is 174 Å². The van der Waals surface area contributed by atoms with Crippen molar-refractivity contribution in [3.63, 3.8) is 0 Å². The van der Waals surface area contributed by atoms with E-state index in [4.69, 9.17) is 16.3 Å². The van der Waals surface area contributed by atoms with Crippen molar-refractivity contribution in [2.24, 2.45) is 0 Å². The van der Waals surface area contributed by atoms with E-state index in [2.05, 4.69) is 10.6 Å². The largest absolute Gasteiger partial charge is 0.496 e. The van der Waals surface area contributed by atoms with Crippen LogP contribution in [0.25, 0.3) is 11.1 Å². The van der Waals surface area contributed by atoms with E-state index in [-0.39, 0.29) is 18.4 Å². The quantitative estimate of drug-likeness (QED) is 0.576. The van der Waals surface area contributed by atoms with Crippen LogP contribution in [-0.2, 0) is 0 Å². The predicted octanol–water partition coefficient (Wildman–Crippen LogP) is 4.18. The third-order valence-corrected chi connectivity index (χ3v) is 4.59. The molecular formula is C23H21ClN2O3. The molecule has 0 atom stereocenters. The number of benzene rings is 3. The smallest absolute Gasteiger partial charge is 0.255 e. The number of rotatable bonds is 7. The number of carbonyl (C=O) groups excluding carboxylic acids is 2. The lowest BCUT2D eigenvalue weighted by atomic mass is 10.0.